The molecule has 0 radical (unpaired) electrons. The van der Waals surface area contributed by atoms with Gasteiger partial charge in [-0.2, -0.15) is 0 Å². The molecule has 1 amide bonds. The number of hydrogen-bond acceptors (Lipinski definition) is 5. The van der Waals surface area contributed by atoms with Gasteiger partial charge in [-0.3, -0.25) is 15.1 Å². The predicted molar refractivity (Wildman–Crippen MR) is 94.4 cm³/mol. The smallest absolute Gasteiger partial charge is 0.244 e. The van der Waals surface area contributed by atoms with Crippen molar-refractivity contribution >= 4 is 17.2 Å². The van der Waals surface area contributed by atoms with Gasteiger partial charge in [0.05, 0.1) is 10.4 Å². The van der Waals surface area contributed by atoms with E-state index < -0.39 is 0 Å². The second-order valence-corrected chi connectivity index (χ2v) is 7.65. The number of pyridine rings is 1. The molecule has 1 N–H and O–H groups in total. The molecule has 5 nitrogen and oxygen atoms in total. The van der Waals surface area contributed by atoms with Crippen LogP contribution in [0.4, 0.5) is 0 Å². The van der Waals surface area contributed by atoms with Gasteiger partial charge in [0.2, 0.25) is 5.91 Å². The van der Waals surface area contributed by atoms with E-state index in [1.807, 2.05) is 29.4 Å². The van der Waals surface area contributed by atoms with Crippen molar-refractivity contribution in [2.45, 2.75) is 50.7 Å². The first-order chi connectivity index (χ1) is 11.7. The molecule has 2 aromatic rings. The lowest BCUT2D eigenvalue weighted by Crippen LogP contribution is -2.48. The summed E-state index contributed by atoms with van der Waals surface area (Å²) in [6, 6.07) is 3.94. The monoisotopic (exact) mass is 342 g/mol. The number of carbonyl (C=O) groups excluding carboxylic acids is 1. The quantitative estimate of drug-likeness (QED) is 0.929. The highest BCUT2D eigenvalue weighted by atomic mass is 32.1. The van der Waals surface area contributed by atoms with Crippen LogP contribution >= 0.6 is 11.3 Å². The van der Waals surface area contributed by atoms with Gasteiger partial charge >= 0.3 is 0 Å². The summed E-state index contributed by atoms with van der Waals surface area (Å²) in [5.41, 5.74) is 0.672. The lowest BCUT2D eigenvalue weighted by Gasteiger charge is -2.31. The van der Waals surface area contributed by atoms with Crippen LogP contribution in [0.2, 0.25) is 0 Å². The molecule has 3 heterocycles. The summed E-state index contributed by atoms with van der Waals surface area (Å²) in [5, 5.41) is 4.62. The van der Waals surface area contributed by atoms with Crippen molar-refractivity contribution in [1.29, 1.82) is 0 Å². The normalized spacial score (nSPS) is 23.1. The number of amides is 1. The predicted octanol–water partition coefficient (Wildman–Crippen LogP) is 3.36. The van der Waals surface area contributed by atoms with Crippen molar-refractivity contribution < 1.29 is 4.79 Å². The van der Waals surface area contributed by atoms with E-state index in [0.29, 0.717) is 0 Å². The van der Waals surface area contributed by atoms with Crippen LogP contribution < -0.4 is 5.32 Å². The van der Waals surface area contributed by atoms with Crippen molar-refractivity contribution in [3.63, 3.8) is 0 Å². The fraction of sp³-hybridized carbons (Fsp3) is 0.500. The van der Waals surface area contributed by atoms with Crippen LogP contribution in [0.1, 0.15) is 50.1 Å². The van der Waals surface area contributed by atoms with Crippen LogP contribution in [-0.2, 0) is 4.79 Å². The molecule has 24 heavy (non-hydrogen) atoms. The number of rotatable bonds is 3. The summed E-state index contributed by atoms with van der Waals surface area (Å²) >= 11 is 1.64. The molecule has 2 aliphatic rings. The Morgan fingerprint density at radius 2 is 2.17 bits per heavy atom. The molecule has 1 aliphatic carbocycles. The van der Waals surface area contributed by atoms with Gasteiger partial charge in [0.15, 0.2) is 0 Å². The Kier molecular flexibility index (Phi) is 4.10. The zero-order valence-corrected chi connectivity index (χ0v) is 14.7. The zero-order valence-electron chi connectivity index (χ0n) is 13.9. The molecule has 126 valence electrons. The summed E-state index contributed by atoms with van der Waals surface area (Å²) in [4.78, 5) is 24.8. The summed E-state index contributed by atoms with van der Waals surface area (Å²) in [5.74, 6) is 0.269. The maximum Gasteiger partial charge on any atom is 0.244 e. The van der Waals surface area contributed by atoms with Crippen LogP contribution in [0.25, 0.3) is 10.6 Å². The van der Waals surface area contributed by atoms with Gasteiger partial charge in [-0.1, -0.05) is 19.3 Å². The minimum absolute atomic E-state index is 0.0523. The fourth-order valence-corrected chi connectivity index (χ4v) is 4.86. The van der Waals surface area contributed by atoms with Crippen LogP contribution in [0.5, 0.6) is 0 Å². The molecule has 6 heteroatoms. The van der Waals surface area contributed by atoms with Crippen molar-refractivity contribution in [2.75, 3.05) is 6.54 Å². The highest BCUT2D eigenvalue weighted by Gasteiger charge is 2.51. The average molecular weight is 342 g/mol. The Bertz CT molecular complexity index is 724. The summed E-state index contributed by atoms with van der Waals surface area (Å²) < 4.78 is 0. The van der Waals surface area contributed by atoms with E-state index in [-0.39, 0.29) is 17.6 Å². The van der Waals surface area contributed by atoms with E-state index in [9.17, 15) is 4.79 Å². The molecule has 0 unspecified atom stereocenters. The highest BCUT2D eigenvalue weighted by molar-refractivity contribution is 7.15. The van der Waals surface area contributed by atoms with Crippen LogP contribution in [0.3, 0.4) is 0 Å². The molecule has 0 aromatic carbocycles. The molecule has 2 aromatic heterocycles. The highest BCUT2D eigenvalue weighted by Crippen LogP contribution is 2.41. The first-order valence-electron chi connectivity index (χ1n) is 8.68. The first-order valence-corrected chi connectivity index (χ1v) is 9.50. The Morgan fingerprint density at radius 1 is 1.33 bits per heavy atom. The summed E-state index contributed by atoms with van der Waals surface area (Å²) in [6.45, 7) is 2.77. The van der Waals surface area contributed by atoms with Crippen molar-refractivity contribution in [2.24, 2.45) is 0 Å². The molecular formula is C18H22N4OS. The Morgan fingerprint density at radius 3 is 2.88 bits per heavy atom. The van der Waals surface area contributed by atoms with Crippen molar-refractivity contribution in [1.82, 2.24) is 20.2 Å². The molecule has 1 atom stereocenters. The Labute approximate surface area is 146 Å². The largest absolute Gasteiger partial charge is 0.321 e. The average Bonchev–Trinajstić information content (AvgIpc) is 3.21. The molecule has 1 saturated carbocycles. The van der Waals surface area contributed by atoms with Crippen LogP contribution in [-0.4, -0.2) is 32.9 Å². The van der Waals surface area contributed by atoms with E-state index in [1.165, 1.54) is 6.42 Å². The lowest BCUT2D eigenvalue weighted by molar-refractivity contribution is -0.134. The van der Waals surface area contributed by atoms with Gasteiger partial charge in [-0.25, -0.2) is 4.98 Å². The van der Waals surface area contributed by atoms with Crippen LogP contribution in [0.15, 0.2) is 30.7 Å². The van der Waals surface area contributed by atoms with Crippen molar-refractivity contribution in [3.8, 4) is 10.6 Å². The number of nitrogens with zero attached hydrogens (tertiary/aromatic N) is 3. The Hall–Kier alpha value is -1.79. The topological polar surface area (TPSA) is 58.1 Å². The van der Waals surface area contributed by atoms with Gasteiger partial charge in [0, 0.05) is 30.7 Å². The van der Waals surface area contributed by atoms with Gasteiger partial charge < -0.3 is 4.90 Å². The maximum atomic E-state index is 13.0. The van der Waals surface area contributed by atoms with Crippen molar-refractivity contribution in [3.05, 3.63) is 35.6 Å². The minimum atomic E-state index is -0.350. The third-order valence-electron chi connectivity index (χ3n) is 5.14. The number of carbonyl (C=O) groups is 1. The van der Waals surface area contributed by atoms with Gasteiger partial charge in [-0.05, 0) is 31.9 Å². The molecule has 1 spiro atoms. The summed E-state index contributed by atoms with van der Waals surface area (Å²) in [7, 11) is 0. The van der Waals surface area contributed by atoms with E-state index in [0.717, 1.165) is 47.7 Å². The lowest BCUT2D eigenvalue weighted by atomic mass is 9.82. The van der Waals surface area contributed by atoms with E-state index in [2.05, 4.69) is 22.2 Å². The number of thiazole rings is 1. The van der Waals surface area contributed by atoms with Gasteiger partial charge in [0.1, 0.15) is 11.2 Å². The standard InChI is InChI=1S/C18H22N4OS/c1-2-22-15(21-18(17(22)23)8-4-3-5-9-18)14-12-20-16(24-14)13-7-6-10-19-11-13/h6-7,10-12,15,21H,2-5,8-9H2,1H3/t15-/m0/s1. The van der Waals surface area contributed by atoms with Gasteiger partial charge in [0.25, 0.3) is 0 Å². The molecule has 4 rings (SSSR count). The summed E-state index contributed by atoms with van der Waals surface area (Å²) in [6.07, 6.45) is 10.8. The third kappa shape index (κ3) is 2.54. The SMILES string of the molecule is CCN1C(=O)C2(CCCCC2)N[C@@H]1c1cnc(-c2cccnc2)s1. The molecule has 1 saturated heterocycles. The molecule has 1 aliphatic heterocycles. The Balaban J connectivity index is 1.64. The second kappa shape index (κ2) is 6.26. The number of hydrogen-bond donors (Lipinski definition) is 1. The minimum Gasteiger partial charge on any atom is -0.321 e. The first kappa shape index (κ1) is 15.7. The van der Waals surface area contributed by atoms with E-state index in [4.69, 9.17) is 0 Å². The zero-order chi connectivity index (χ0) is 16.6. The molecular weight excluding hydrogens is 320 g/mol. The number of aromatic nitrogens is 2. The van der Waals surface area contributed by atoms with Gasteiger partial charge in [-0.15, -0.1) is 11.3 Å². The third-order valence-corrected chi connectivity index (χ3v) is 6.24. The number of nitrogens with one attached hydrogen (secondary N) is 1. The second-order valence-electron chi connectivity index (χ2n) is 6.59. The molecule has 2 fully saturated rings. The van der Waals surface area contributed by atoms with Crippen LogP contribution in [0, 0.1) is 0 Å². The molecule has 0 bridgehead atoms. The van der Waals surface area contributed by atoms with E-state index in [1.54, 1.807) is 17.5 Å². The fourth-order valence-electron chi connectivity index (χ4n) is 3.89. The van der Waals surface area contributed by atoms with E-state index >= 15 is 0 Å². The number of likely N-dealkylation sites (N-methyl/N-ethyl adjacent to an activating group) is 1. The maximum absolute atomic E-state index is 13.0.